The van der Waals surface area contributed by atoms with Crippen molar-refractivity contribution in [1.29, 1.82) is 0 Å². The zero-order chi connectivity index (χ0) is 21.3. The van der Waals surface area contributed by atoms with Crippen molar-refractivity contribution in [2.75, 3.05) is 18.1 Å². The monoisotopic (exact) mass is 406 g/mol. The van der Waals surface area contributed by atoms with Crippen molar-refractivity contribution >= 4 is 34.1 Å². The number of carbonyl (C=O) groups excluding carboxylic acids is 2. The molecule has 0 bridgehead atoms. The number of ether oxygens (including phenoxy) is 1. The number of hydrogen-bond acceptors (Lipinski definition) is 5. The lowest BCUT2D eigenvalue weighted by molar-refractivity contribution is -0.124. The van der Waals surface area contributed by atoms with E-state index in [0.29, 0.717) is 29.3 Å². The topological polar surface area (TPSA) is 96.5 Å². The van der Waals surface area contributed by atoms with Gasteiger partial charge < -0.3 is 14.4 Å². The van der Waals surface area contributed by atoms with E-state index in [4.69, 9.17) is 4.74 Å². The first-order valence-corrected chi connectivity index (χ1v) is 9.72. The van der Waals surface area contributed by atoms with Crippen molar-refractivity contribution in [3.8, 4) is 11.6 Å². The van der Waals surface area contributed by atoms with Gasteiger partial charge in [-0.05, 0) is 24.1 Å². The normalized spacial score (nSPS) is 13.8. The van der Waals surface area contributed by atoms with Gasteiger partial charge in [-0.15, -0.1) is 10.2 Å². The van der Waals surface area contributed by atoms with E-state index in [1.165, 1.54) is 4.90 Å². The Labute approximate surface area is 173 Å². The molecular formula is C22H22N4O4. The summed E-state index contributed by atoms with van der Waals surface area (Å²) in [6, 6.07) is 14.4. The summed E-state index contributed by atoms with van der Waals surface area (Å²) in [6.45, 7) is 4.32. The highest BCUT2D eigenvalue weighted by molar-refractivity contribution is 6.02. The number of carbonyl (C=O) groups is 2. The molecule has 1 N–H and O–H groups in total. The fourth-order valence-electron chi connectivity index (χ4n) is 3.52. The number of fused-ring (bicyclic) bond motifs is 2. The average Bonchev–Trinajstić information content (AvgIpc) is 2.99. The van der Waals surface area contributed by atoms with E-state index in [-0.39, 0.29) is 30.6 Å². The van der Waals surface area contributed by atoms with E-state index >= 15 is 0 Å². The first-order chi connectivity index (χ1) is 14.5. The van der Waals surface area contributed by atoms with Gasteiger partial charge in [-0.1, -0.05) is 44.2 Å². The molecule has 8 nitrogen and oxygen atoms in total. The number of nitrogens with zero attached hydrogens (tertiary/aromatic N) is 4. The van der Waals surface area contributed by atoms with Crippen molar-refractivity contribution in [2.24, 2.45) is 16.1 Å². The lowest BCUT2D eigenvalue weighted by Crippen LogP contribution is -2.41. The van der Waals surface area contributed by atoms with E-state index in [1.54, 1.807) is 28.8 Å². The molecule has 1 aliphatic rings. The third-order valence-corrected chi connectivity index (χ3v) is 4.83. The van der Waals surface area contributed by atoms with Gasteiger partial charge in [-0.2, -0.15) is 0 Å². The quantitative estimate of drug-likeness (QED) is 0.647. The zero-order valence-corrected chi connectivity index (χ0v) is 16.8. The number of anilines is 1. The Balaban J connectivity index is 1.60. The highest BCUT2D eigenvalue weighted by Gasteiger charge is 2.27. The van der Waals surface area contributed by atoms with Crippen LogP contribution in [-0.2, 0) is 16.1 Å². The summed E-state index contributed by atoms with van der Waals surface area (Å²) in [6.07, 6.45) is 0. The highest BCUT2D eigenvalue weighted by atomic mass is 16.5. The lowest BCUT2D eigenvalue weighted by atomic mass is 10.2. The summed E-state index contributed by atoms with van der Waals surface area (Å²) in [5.74, 6) is -0.107. The Bertz CT molecular complexity index is 1150. The summed E-state index contributed by atoms with van der Waals surface area (Å²) in [5.41, 5.74) is 1.59. The standard InChI is InChI=1S/C22H22N4O4/c1-14(2)11-26-16-8-4-3-7-15(16)21(22(26)29)24-23-19(27)12-25-17-9-5-6-10-18(17)30-13-20(25)28/h3-10,14,29H,11-13H2,1-2H3. The van der Waals surface area contributed by atoms with Crippen LogP contribution < -0.4 is 9.64 Å². The summed E-state index contributed by atoms with van der Waals surface area (Å²) in [4.78, 5) is 26.1. The lowest BCUT2D eigenvalue weighted by Gasteiger charge is -2.27. The van der Waals surface area contributed by atoms with Gasteiger partial charge in [-0.25, -0.2) is 0 Å². The van der Waals surface area contributed by atoms with Crippen LogP contribution in [0.2, 0.25) is 0 Å². The van der Waals surface area contributed by atoms with Gasteiger partial charge in [0.2, 0.25) is 5.88 Å². The van der Waals surface area contributed by atoms with Crippen molar-refractivity contribution < 1.29 is 19.4 Å². The third kappa shape index (κ3) is 3.63. The van der Waals surface area contributed by atoms with Gasteiger partial charge in [0.25, 0.3) is 11.8 Å². The van der Waals surface area contributed by atoms with Gasteiger partial charge in [0.05, 0.1) is 11.2 Å². The van der Waals surface area contributed by atoms with Crippen LogP contribution >= 0.6 is 0 Å². The molecular weight excluding hydrogens is 384 g/mol. The Morgan fingerprint density at radius 2 is 1.90 bits per heavy atom. The SMILES string of the molecule is CC(C)Cn1c(O)c(N=NC(=O)CN2C(=O)COc3ccccc32)c2ccccc21. The number of amides is 2. The molecule has 30 heavy (non-hydrogen) atoms. The number of azo groups is 1. The van der Waals surface area contributed by atoms with Crippen molar-refractivity contribution in [3.63, 3.8) is 0 Å². The maximum Gasteiger partial charge on any atom is 0.284 e. The van der Waals surface area contributed by atoms with Crippen molar-refractivity contribution in [2.45, 2.75) is 20.4 Å². The molecule has 0 fully saturated rings. The predicted molar refractivity (Wildman–Crippen MR) is 112 cm³/mol. The van der Waals surface area contributed by atoms with Crippen LogP contribution in [0, 0.1) is 5.92 Å². The molecule has 2 amide bonds. The Kier molecular flexibility index (Phi) is 5.22. The predicted octanol–water partition coefficient (Wildman–Crippen LogP) is 4.04. The van der Waals surface area contributed by atoms with Gasteiger partial charge in [0.15, 0.2) is 12.3 Å². The fraction of sp³-hybridized carbons (Fsp3) is 0.273. The minimum absolute atomic E-state index is 0.0331. The maximum absolute atomic E-state index is 12.5. The number of aromatic hydroxyl groups is 1. The second-order valence-corrected chi connectivity index (χ2v) is 7.52. The molecule has 4 rings (SSSR count). The molecule has 3 aromatic rings. The Morgan fingerprint density at radius 1 is 1.17 bits per heavy atom. The number of para-hydroxylation sites is 3. The van der Waals surface area contributed by atoms with Gasteiger partial charge in [0, 0.05) is 11.9 Å². The second kappa shape index (κ2) is 7.98. The van der Waals surface area contributed by atoms with Crippen LogP contribution in [0.3, 0.4) is 0 Å². The molecule has 1 aromatic heterocycles. The minimum Gasteiger partial charge on any atom is -0.493 e. The van der Waals surface area contributed by atoms with Gasteiger partial charge in [-0.3, -0.25) is 14.5 Å². The number of aromatic nitrogens is 1. The molecule has 154 valence electrons. The van der Waals surface area contributed by atoms with E-state index in [1.807, 2.05) is 24.3 Å². The summed E-state index contributed by atoms with van der Waals surface area (Å²) >= 11 is 0. The van der Waals surface area contributed by atoms with Crippen molar-refractivity contribution in [1.82, 2.24) is 4.57 Å². The van der Waals surface area contributed by atoms with E-state index < -0.39 is 5.91 Å². The molecule has 0 unspecified atom stereocenters. The number of rotatable bonds is 5. The van der Waals surface area contributed by atoms with Crippen LogP contribution in [0.1, 0.15) is 13.8 Å². The van der Waals surface area contributed by atoms with Gasteiger partial charge in [0.1, 0.15) is 12.3 Å². The molecule has 0 saturated carbocycles. The highest BCUT2D eigenvalue weighted by Crippen LogP contribution is 2.39. The van der Waals surface area contributed by atoms with E-state index in [0.717, 1.165) is 5.52 Å². The molecule has 2 heterocycles. The van der Waals surface area contributed by atoms with Gasteiger partial charge >= 0.3 is 0 Å². The van der Waals surface area contributed by atoms with Crippen LogP contribution in [-0.4, -0.2) is 34.6 Å². The average molecular weight is 406 g/mol. The van der Waals surface area contributed by atoms with E-state index in [9.17, 15) is 14.7 Å². The molecule has 0 radical (unpaired) electrons. The summed E-state index contributed by atoms with van der Waals surface area (Å²) in [7, 11) is 0. The second-order valence-electron chi connectivity index (χ2n) is 7.52. The summed E-state index contributed by atoms with van der Waals surface area (Å²) < 4.78 is 7.15. The van der Waals surface area contributed by atoms with Crippen molar-refractivity contribution in [3.05, 3.63) is 48.5 Å². The minimum atomic E-state index is -0.597. The largest absolute Gasteiger partial charge is 0.493 e. The Hall–Kier alpha value is -3.68. The Morgan fingerprint density at radius 3 is 2.70 bits per heavy atom. The van der Waals surface area contributed by atoms with Crippen LogP contribution in [0.5, 0.6) is 11.6 Å². The smallest absolute Gasteiger partial charge is 0.284 e. The fourth-order valence-corrected chi connectivity index (χ4v) is 3.52. The van der Waals surface area contributed by atoms with Crippen LogP contribution in [0.25, 0.3) is 10.9 Å². The maximum atomic E-state index is 12.5. The zero-order valence-electron chi connectivity index (χ0n) is 16.8. The first-order valence-electron chi connectivity index (χ1n) is 9.72. The van der Waals surface area contributed by atoms with Crippen LogP contribution in [0.15, 0.2) is 58.8 Å². The summed E-state index contributed by atoms with van der Waals surface area (Å²) in [5, 5.41) is 19.2. The molecule has 2 aromatic carbocycles. The molecule has 1 aliphatic heterocycles. The molecule has 8 heteroatoms. The molecule has 0 spiro atoms. The number of benzene rings is 2. The molecule has 0 saturated heterocycles. The molecule has 0 atom stereocenters. The molecule has 0 aliphatic carbocycles. The van der Waals surface area contributed by atoms with E-state index in [2.05, 4.69) is 24.1 Å². The third-order valence-electron chi connectivity index (χ3n) is 4.83. The number of hydrogen-bond donors (Lipinski definition) is 1. The van der Waals surface area contributed by atoms with Crippen LogP contribution in [0.4, 0.5) is 11.4 Å². The first kappa shape index (κ1) is 19.6.